The van der Waals surface area contributed by atoms with E-state index in [0.717, 1.165) is 20.9 Å². The minimum atomic E-state index is -0.665. The first-order valence-electron chi connectivity index (χ1n) is 7.47. The number of barbiturate groups is 1. The molecule has 0 spiro atoms. The van der Waals surface area contributed by atoms with Gasteiger partial charge in [0.1, 0.15) is 17.1 Å². The Morgan fingerprint density at radius 1 is 1.00 bits per heavy atom. The lowest BCUT2D eigenvalue weighted by molar-refractivity contribution is -0.134. The average molecular weight is 359 g/mol. The van der Waals surface area contributed by atoms with E-state index in [1.54, 1.807) is 18.2 Å². The quantitative estimate of drug-likeness (QED) is 0.609. The van der Waals surface area contributed by atoms with Crippen molar-refractivity contribution in [3.8, 4) is 11.3 Å². The van der Waals surface area contributed by atoms with Gasteiger partial charge in [0.15, 0.2) is 0 Å². The molecule has 0 bridgehead atoms. The Morgan fingerprint density at radius 2 is 1.64 bits per heavy atom. The largest absolute Gasteiger partial charge is 0.457 e. The van der Waals surface area contributed by atoms with Crippen molar-refractivity contribution in [2.45, 2.75) is 6.92 Å². The third-order valence-electron chi connectivity index (χ3n) is 4.01. The first kappa shape index (κ1) is 17.0. The fourth-order valence-electron chi connectivity index (χ4n) is 2.45. The van der Waals surface area contributed by atoms with E-state index in [-0.39, 0.29) is 5.57 Å². The van der Waals surface area contributed by atoms with Gasteiger partial charge < -0.3 is 4.42 Å². The Kier molecular flexibility index (Phi) is 4.22. The van der Waals surface area contributed by atoms with E-state index in [4.69, 9.17) is 16.0 Å². The van der Waals surface area contributed by atoms with Gasteiger partial charge in [0, 0.05) is 24.7 Å². The summed E-state index contributed by atoms with van der Waals surface area (Å²) in [4.78, 5) is 37.9. The number of rotatable bonds is 2. The highest BCUT2D eigenvalue weighted by molar-refractivity contribution is 6.31. The number of likely N-dealkylation sites (N-methyl/N-ethyl adjacent to an activating group) is 2. The Bertz CT molecular complexity index is 903. The molecule has 0 N–H and O–H groups in total. The van der Waals surface area contributed by atoms with Gasteiger partial charge in [-0.1, -0.05) is 23.7 Å². The lowest BCUT2D eigenvalue weighted by atomic mass is 10.1. The second-order valence-corrected chi connectivity index (χ2v) is 6.14. The van der Waals surface area contributed by atoms with Crippen LogP contribution in [0.5, 0.6) is 0 Å². The van der Waals surface area contributed by atoms with Gasteiger partial charge >= 0.3 is 6.03 Å². The monoisotopic (exact) mass is 358 g/mol. The van der Waals surface area contributed by atoms with Crippen LogP contribution in [0.3, 0.4) is 0 Å². The highest BCUT2D eigenvalue weighted by Crippen LogP contribution is 2.28. The zero-order chi connectivity index (χ0) is 18.3. The average Bonchev–Trinajstić information content (AvgIpc) is 3.06. The number of imide groups is 2. The van der Waals surface area contributed by atoms with Gasteiger partial charge in [-0.05, 0) is 36.8 Å². The zero-order valence-corrected chi connectivity index (χ0v) is 14.6. The molecule has 7 heteroatoms. The van der Waals surface area contributed by atoms with Crippen LogP contribution in [0.2, 0.25) is 5.02 Å². The van der Waals surface area contributed by atoms with Crippen molar-refractivity contribution in [2.24, 2.45) is 0 Å². The summed E-state index contributed by atoms with van der Waals surface area (Å²) >= 11 is 6.12. The van der Waals surface area contributed by atoms with Gasteiger partial charge in [0.25, 0.3) is 11.8 Å². The van der Waals surface area contributed by atoms with Crippen molar-refractivity contribution in [1.82, 2.24) is 9.80 Å². The molecular formula is C18H15ClN2O4. The van der Waals surface area contributed by atoms with E-state index in [1.165, 1.54) is 20.2 Å². The topological polar surface area (TPSA) is 70.8 Å². The van der Waals surface area contributed by atoms with Crippen molar-refractivity contribution in [1.29, 1.82) is 0 Å². The molecule has 1 aliphatic rings. The molecule has 1 aliphatic heterocycles. The van der Waals surface area contributed by atoms with Gasteiger partial charge in [-0.15, -0.1) is 0 Å². The Morgan fingerprint density at radius 3 is 2.24 bits per heavy atom. The summed E-state index contributed by atoms with van der Waals surface area (Å²) in [6, 6.07) is 8.23. The number of benzene rings is 1. The van der Waals surface area contributed by atoms with E-state index >= 15 is 0 Å². The smallest absolute Gasteiger partial charge is 0.333 e. The first-order valence-corrected chi connectivity index (χ1v) is 7.85. The SMILES string of the molecule is Cc1ccc(-c2ccc(C=C3C(=O)N(C)C(=O)N(C)C3=O)o2)cc1Cl. The maximum atomic E-state index is 12.2. The summed E-state index contributed by atoms with van der Waals surface area (Å²) in [6.45, 7) is 1.90. The molecule has 0 unspecified atom stereocenters. The highest BCUT2D eigenvalue weighted by atomic mass is 35.5. The van der Waals surface area contributed by atoms with Crippen LogP contribution in [-0.2, 0) is 9.59 Å². The molecule has 1 aromatic heterocycles. The molecule has 1 fully saturated rings. The molecule has 0 atom stereocenters. The van der Waals surface area contributed by atoms with Crippen LogP contribution in [0.15, 0.2) is 40.3 Å². The Labute approximate surface area is 149 Å². The van der Waals surface area contributed by atoms with Gasteiger partial charge in [-0.3, -0.25) is 19.4 Å². The normalized spacial score (nSPS) is 15.2. The zero-order valence-electron chi connectivity index (χ0n) is 13.9. The maximum Gasteiger partial charge on any atom is 0.333 e. The number of hydrogen-bond acceptors (Lipinski definition) is 4. The molecule has 2 heterocycles. The predicted molar refractivity (Wildman–Crippen MR) is 92.8 cm³/mol. The number of hydrogen-bond donors (Lipinski definition) is 0. The summed E-state index contributed by atoms with van der Waals surface area (Å²) in [5.74, 6) is -0.435. The van der Waals surface area contributed by atoms with Crippen LogP contribution in [0.4, 0.5) is 4.79 Å². The van der Waals surface area contributed by atoms with Crippen LogP contribution in [0.1, 0.15) is 11.3 Å². The first-order chi connectivity index (χ1) is 11.8. The molecular weight excluding hydrogens is 344 g/mol. The van der Waals surface area contributed by atoms with Gasteiger partial charge in [-0.25, -0.2) is 4.79 Å². The second kappa shape index (κ2) is 6.22. The number of carbonyl (C=O) groups is 3. The van der Waals surface area contributed by atoms with E-state index in [9.17, 15) is 14.4 Å². The number of carbonyl (C=O) groups excluding carboxylic acids is 3. The molecule has 0 radical (unpaired) electrons. The molecule has 1 saturated heterocycles. The van der Waals surface area contributed by atoms with Crippen LogP contribution >= 0.6 is 11.6 Å². The van der Waals surface area contributed by atoms with Crippen LogP contribution < -0.4 is 0 Å². The lowest BCUT2D eigenvalue weighted by Crippen LogP contribution is -2.52. The molecule has 3 rings (SSSR count). The Hall–Kier alpha value is -2.86. The number of nitrogens with zero attached hydrogens (tertiary/aromatic N) is 2. The fraction of sp³-hybridized carbons (Fsp3) is 0.167. The number of halogens is 1. The van der Waals surface area contributed by atoms with Crippen molar-refractivity contribution < 1.29 is 18.8 Å². The van der Waals surface area contributed by atoms with Crippen LogP contribution in [0.25, 0.3) is 17.4 Å². The third kappa shape index (κ3) is 2.96. The van der Waals surface area contributed by atoms with Gasteiger partial charge in [-0.2, -0.15) is 0 Å². The maximum absolute atomic E-state index is 12.2. The number of furan rings is 1. The van der Waals surface area contributed by atoms with Crippen LogP contribution in [0, 0.1) is 6.92 Å². The van der Waals surface area contributed by atoms with E-state index in [0.29, 0.717) is 16.5 Å². The molecule has 128 valence electrons. The Balaban J connectivity index is 1.95. The molecule has 0 saturated carbocycles. The van der Waals surface area contributed by atoms with Crippen molar-refractivity contribution in [3.05, 3.63) is 52.3 Å². The van der Waals surface area contributed by atoms with Gasteiger partial charge in [0.05, 0.1) is 0 Å². The van der Waals surface area contributed by atoms with Gasteiger partial charge in [0.2, 0.25) is 0 Å². The van der Waals surface area contributed by atoms with Crippen LogP contribution in [-0.4, -0.2) is 41.7 Å². The third-order valence-corrected chi connectivity index (χ3v) is 4.42. The minimum Gasteiger partial charge on any atom is -0.457 e. The second-order valence-electron chi connectivity index (χ2n) is 5.73. The van der Waals surface area contributed by atoms with Crippen molar-refractivity contribution in [2.75, 3.05) is 14.1 Å². The van der Waals surface area contributed by atoms with E-state index in [2.05, 4.69) is 0 Å². The molecule has 0 aliphatic carbocycles. The number of urea groups is 1. The summed E-state index contributed by atoms with van der Waals surface area (Å²) in [6.07, 6.45) is 1.34. The summed E-state index contributed by atoms with van der Waals surface area (Å²) < 4.78 is 5.70. The fourth-order valence-corrected chi connectivity index (χ4v) is 2.63. The highest BCUT2D eigenvalue weighted by Gasteiger charge is 2.38. The number of aryl methyl sites for hydroxylation is 1. The van der Waals surface area contributed by atoms with E-state index < -0.39 is 17.8 Å². The standard InChI is InChI=1S/C18H15ClN2O4/c1-10-4-5-11(8-14(10)19)15-7-6-12(25-15)9-13-16(22)20(2)18(24)21(3)17(13)23/h4-9H,1-3H3. The molecule has 1 aromatic carbocycles. The van der Waals surface area contributed by atoms with Crippen molar-refractivity contribution in [3.63, 3.8) is 0 Å². The minimum absolute atomic E-state index is 0.132. The predicted octanol–water partition coefficient (Wildman–Crippen LogP) is 3.34. The number of amides is 4. The molecule has 2 aromatic rings. The summed E-state index contributed by atoms with van der Waals surface area (Å²) in [7, 11) is 2.65. The molecule has 6 nitrogen and oxygen atoms in total. The van der Waals surface area contributed by atoms with Crippen molar-refractivity contribution >= 4 is 35.5 Å². The molecule has 25 heavy (non-hydrogen) atoms. The van der Waals surface area contributed by atoms with E-state index in [1.807, 2.05) is 19.1 Å². The summed E-state index contributed by atoms with van der Waals surface area (Å²) in [5, 5.41) is 0.619. The lowest BCUT2D eigenvalue weighted by Gasteiger charge is -2.28. The molecule has 4 amide bonds. The summed E-state index contributed by atoms with van der Waals surface area (Å²) in [5.41, 5.74) is 1.60.